The van der Waals surface area contributed by atoms with Crippen LogP contribution >= 0.6 is 11.8 Å². The van der Waals surface area contributed by atoms with E-state index in [-0.39, 0.29) is 10.7 Å². The minimum Gasteiger partial charge on any atom is -0.341 e. The first-order valence-corrected chi connectivity index (χ1v) is 8.30. The Morgan fingerprint density at radius 1 is 1.27 bits per heavy atom. The van der Waals surface area contributed by atoms with Gasteiger partial charge in [0.1, 0.15) is 0 Å². The third kappa shape index (κ3) is 4.91. The monoisotopic (exact) mass is 317 g/mol. The van der Waals surface area contributed by atoms with E-state index in [1.54, 1.807) is 16.7 Å². The molecule has 22 heavy (non-hydrogen) atoms. The van der Waals surface area contributed by atoms with E-state index in [4.69, 9.17) is 0 Å². The zero-order valence-corrected chi connectivity index (χ0v) is 14.4. The summed E-state index contributed by atoms with van der Waals surface area (Å²) in [5.74, 6) is 0.652. The van der Waals surface area contributed by atoms with Crippen LogP contribution in [-0.4, -0.2) is 38.1 Å². The fraction of sp³-hybridized carbons (Fsp3) is 0.412. The Bertz CT molecular complexity index is 616. The van der Waals surface area contributed by atoms with Gasteiger partial charge in [0, 0.05) is 30.1 Å². The van der Waals surface area contributed by atoms with E-state index in [0.29, 0.717) is 12.3 Å². The van der Waals surface area contributed by atoms with Gasteiger partial charge in [-0.15, -0.1) is 11.8 Å². The molecule has 2 aromatic rings. The second kappa shape index (κ2) is 7.01. The topological polar surface area (TPSA) is 38.1 Å². The van der Waals surface area contributed by atoms with Gasteiger partial charge in [0.25, 0.3) is 0 Å². The summed E-state index contributed by atoms with van der Waals surface area (Å²) in [4.78, 5) is 13.9. The van der Waals surface area contributed by atoms with Gasteiger partial charge in [-0.3, -0.25) is 4.79 Å². The normalized spacial score (nSPS) is 11.5. The summed E-state index contributed by atoms with van der Waals surface area (Å²) in [6.07, 6.45) is 3.78. The molecule has 0 atom stereocenters. The lowest BCUT2D eigenvalue weighted by Gasteiger charge is -2.20. The molecule has 4 nitrogen and oxygen atoms in total. The highest BCUT2D eigenvalue weighted by Gasteiger charge is 2.16. The number of hydrogen-bond donors (Lipinski definition) is 0. The van der Waals surface area contributed by atoms with Crippen molar-refractivity contribution < 1.29 is 4.79 Å². The zero-order chi connectivity index (χ0) is 16.2. The van der Waals surface area contributed by atoms with Gasteiger partial charge in [-0.25, -0.2) is 4.68 Å². The Labute approximate surface area is 136 Å². The molecule has 1 heterocycles. The maximum absolute atomic E-state index is 12.1. The molecule has 1 aromatic heterocycles. The Hall–Kier alpha value is -1.75. The van der Waals surface area contributed by atoms with E-state index in [9.17, 15) is 4.79 Å². The van der Waals surface area contributed by atoms with Crippen molar-refractivity contribution in [2.24, 2.45) is 0 Å². The van der Waals surface area contributed by atoms with E-state index in [2.05, 4.69) is 25.9 Å². The third-order valence-electron chi connectivity index (χ3n) is 3.13. The molecule has 0 bridgehead atoms. The Kier molecular flexibility index (Phi) is 5.29. The van der Waals surface area contributed by atoms with Crippen molar-refractivity contribution >= 4 is 17.7 Å². The van der Waals surface area contributed by atoms with Crippen molar-refractivity contribution in [3.63, 3.8) is 0 Å². The number of thioether (sulfide) groups is 1. The van der Waals surface area contributed by atoms with Crippen LogP contribution in [-0.2, 0) is 11.3 Å². The first-order valence-electron chi connectivity index (χ1n) is 7.32. The number of aromatic nitrogens is 2. The van der Waals surface area contributed by atoms with Crippen molar-refractivity contribution in [3.8, 4) is 5.69 Å². The summed E-state index contributed by atoms with van der Waals surface area (Å²) in [5, 5.41) is 4.36. The van der Waals surface area contributed by atoms with Crippen LogP contribution in [0.15, 0.2) is 42.7 Å². The summed E-state index contributed by atoms with van der Waals surface area (Å²) in [7, 11) is 1.84. The summed E-state index contributed by atoms with van der Waals surface area (Å²) in [6, 6.07) is 9.95. The number of nitrogens with zero attached hydrogens (tertiary/aromatic N) is 3. The van der Waals surface area contributed by atoms with Crippen molar-refractivity contribution in [1.29, 1.82) is 0 Å². The molecule has 0 fully saturated rings. The quantitative estimate of drug-likeness (QED) is 0.848. The maximum atomic E-state index is 12.1. The molecule has 5 heteroatoms. The molecule has 0 aliphatic rings. The van der Waals surface area contributed by atoms with Crippen molar-refractivity contribution in [1.82, 2.24) is 14.7 Å². The molecule has 0 aliphatic carbocycles. The first kappa shape index (κ1) is 16.6. The van der Waals surface area contributed by atoms with Gasteiger partial charge in [0.2, 0.25) is 5.91 Å². The standard InChI is InChI=1S/C17H23N3OS/c1-17(2,3)22-13-16(21)19(4)11-14-10-18-20(12-14)15-8-6-5-7-9-15/h5-10,12H,11,13H2,1-4H3. The van der Waals surface area contributed by atoms with Gasteiger partial charge in [0.15, 0.2) is 0 Å². The number of carbonyl (C=O) groups is 1. The average Bonchev–Trinajstić information content (AvgIpc) is 2.93. The lowest BCUT2D eigenvalue weighted by molar-refractivity contribution is -0.127. The van der Waals surface area contributed by atoms with Crippen LogP contribution in [0.1, 0.15) is 26.3 Å². The maximum Gasteiger partial charge on any atom is 0.232 e. The van der Waals surface area contributed by atoms with Gasteiger partial charge < -0.3 is 4.90 Å². The lowest BCUT2D eigenvalue weighted by Crippen LogP contribution is -2.29. The Morgan fingerprint density at radius 2 is 1.95 bits per heavy atom. The smallest absolute Gasteiger partial charge is 0.232 e. The zero-order valence-electron chi connectivity index (χ0n) is 13.6. The van der Waals surface area contributed by atoms with E-state index >= 15 is 0 Å². The van der Waals surface area contributed by atoms with Crippen LogP contribution < -0.4 is 0 Å². The summed E-state index contributed by atoms with van der Waals surface area (Å²) >= 11 is 1.67. The molecule has 1 aromatic carbocycles. The van der Waals surface area contributed by atoms with Crippen LogP contribution in [0.2, 0.25) is 0 Å². The van der Waals surface area contributed by atoms with Crippen LogP contribution in [0.4, 0.5) is 0 Å². The van der Waals surface area contributed by atoms with E-state index in [1.165, 1.54) is 0 Å². The fourth-order valence-electron chi connectivity index (χ4n) is 1.91. The van der Waals surface area contributed by atoms with Gasteiger partial charge in [0.05, 0.1) is 17.6 Å². The minimum absolute atomic E-state index is 0.106. The number of hydrogen-bond acceptors (Lipinski definition) is 3. The van der Waals surface area contributed by atoms with E-state index in [1.807, 2.05) is 54.5 Å². The van der Waals surface area contributed by atoms with Crippen molar-refractivity contribution in [3.05, 3.63) is 48.3 Å². The predicted molar refractivity (Wildman–Crippen MR) is 92.2 cm³/mol. The van der Waals surface area contributed by atoms with Gasteiger partial charge in [-0.05, 0) is 12.1 Å². The molecule has 118 valence electrons. The van der Waals surface area contributed by atoms with E-state index in [0.717, 1.165) is 11.3 Å². The Balaban J connectivity index is 1.94. The molecule has 0 radical (unpaired) electrons. The van der Waals surface area contributed by atoms with Crippen LogP contribution in [0.5, 0.6) is 0 Å². The van der Waals surface area contributed by atoms with Crippen LogP contribution in [0.3, 0.4) is 0 Å². The SMILES string of the molecule is CN(Cc1cnn(-c2ccccc2)c1)C(=O)CSC(C)(C)C. The van der Waals surface area contributed by atoms with Gasteiger partial charge in [-0.1, -0.05) is 39.0 Å². The minimum atomic E-state index is 0.106. The lowest BCUT2D eigenvalue weighted by atomic mass is 10.3. The molecule has 1 amide bonds. The molecule has 2 rings (SSSR count). The molecule has 0 spiro atoms. The largest absolute Gasteiger partial charge is 0.341 e. The molecule has 0 aliphatic heterocycles. The Morgan fingerprint density at radius 3 is 2.59 bits per heavy atom. The average molecular weight is 317 g/mol. The number of amides is 1. The molecular formula is C17H23N3OS. The highest BCUT2D eigenvalue weighted by molar-refractivity contribution is 8.01. The molecular weight excluding hydrogens is 294 g/mol. The van der Waals surface area contributed by atoms with Crippen LogP contribution in [0, 0.1) is 0 Å². The molecule has 0 N–H and O–H groups in total. The fourth-order valence-corrected chi connectivity index (χ4v) is 2.69. The summed E-state index contributed by atoms with van der Waals surface area (Å²) in [6.45, 7) is 6.94. The number of carbonyl (C=O) groups excluding carboxylic acids is 1. The summed E-state index contributed by atoms with van der Waals surface area (Å²) < 4.78 is 1.94. The summed E-state index contributed by atoms with van der Waals surface area (Å²) in [5.41, 5.74) is 2.05. The number of para-hydroxylation sites is 1. The number of rotatable bonds is 5. The first-order chi connectivity index (χ1) is 10.3. The van der Waals surface area contributed by atoms with Crippen LogP contribution in [0.25, 0.3) is 5.69 Å². The second-order valence-electron chi connectivity index (χ2n) is 6.28. The molecule has 0 unspecified atom stereocenters. The highest BCUT2D eigenvalue weighted by Crippen LogP contribution is 2.23. The predicted octanol–water partition coefficient (Wildman–Crippen LogP) is 3.36. The van der Waals surface area contributed by atoms with Crippen molar-refractivity contribution in [2.45, 2.75) is 32.1 Å². The molecule has 0 saturated heterocycles. The molecule has 0 saturated carbocycles. The van der Waals surface area contributed by atoms with E-state index < -0.39 is 0 Å². The second-order valence-corrected chi connectivity index (χ2v) is 8.08. The van der Waals surface area contributed by atoms with Crippen molar-refractivity contribution in [2.75, 3.05) is 12.8 Å². The van der Waals surface area contributed by atoms with Gasteiger partial charge in [-0.2, -0.15) is 5.10 Å². The van der Waals surface area contributed by atoms with Gasteiger partial charge >= 0.3 is 0 Å². The highest BCUT2D eigenvalue weighted by atomic mass is 32.2. The number of benzene rings is 1. The third-order valence-corrected chi connectivity index (χ3v) is 4.39.